The van der Waals surface area contributed by atoms with Gasteiger partial charge in [0.25, 0.3) is 0 Å². The molecule has 0 radical (unpaired) electrons. The van der Waals surface area contributed by atoms with Gasteiger partial charge in [-0.2, -0.15) is 0 Å². The molecule has 0 saturated carbocycles. The lowest BCUT2D eigenvalue weighted by molar-refractivity contribution is 0.156. The largest absolute Gasteiger partial charge is 0.444 e. The van der Waals surface area contributed by atoms with E-state index in [1.54, 1.807) is 13.3 Å². The van der Waals surface area contributed by atoms with Crippen molar-refractivity contribution in [2.75, 3.05) is 13.7 Å². The highest BCUT2D eigenvalue weighted by Crippen LogP contribution is 2.13. The fraction of sp³-hybridized carbons (Fsp3) is 0.700. The highest BCUT2D eigenvalue weighted by Gasteiger charge is 2.10. The molecular formula is C10H18N2O2. The lowest BCUT2D eigenvalue weighted by atomic mass is 10.1. The number of hydrogen-bond donors (Lipinski definition) is 1. The van der Waals surface area contributed by atoms with E-state index in [1.807, 2.05) is 6.92 Å². The lowest BCUT2D eigenvalue weighted by Gasteiger charge is -2.06. The van der Waals surface area contributed by atoms with Crippen molar-refractivity contribution < 1.29 is 9.15 Å². The molecule has 1 rings (SSSR count). The number of nitrogens with zero attached hydrogens (tertiary/aromatic N) is 1. The average molecular weight is 198 g/mol. The zero-order chi connectivity index (χ0) is 10.6. The first-order valence-electron chi connectivity index (χ1n) is 4.82. The summed E-state index contributed by atoms with van der Waals surface area (Å²) in [6.07, 6.45) is 2.58. The third-order valence-electron chi connectivity index (χ3n) is 1.96. The third-order valence-corrected chi connectivity index (χ3v) is 1.96. The van der Waals surface area contributed by atoms with E-state index in [-0.39, 0.29) is 6.04 Å². The van der Waals surface area contributed by atoms with E-state index in [1.165, 1.54) is 0 Å². The quantitative estimate of drug-likeness (QED) is 0.779. The zero-order valence-electron chi connectivity index (χ0n) is 8.99. The van der Waals surface area contributed by atoms with Crippen LogP contribution >= 0.6 is 0 Å². The molecule has 4 nitrogen and oxygen atoms in total. The second kappa shape index (κ2) is 5.12. The Balaban J connectivity index is 2.51. The fourth-order valence-corrected chi connectivity index (χ4v) is 1.31. The van der Waals surface area contributed by atoms with Crippen molar-refractivity contribution >= 4 is 0 Å². The van der Waals surface area contributed by atoms with E-state index in [0.717, 1.165) is 18.8 Å². The van der Waals surface area contributed by atoms with Crippen LogP contribution in [0.1, 0.15) is 31.5 Å². The molecule has 0 aliphatic rings. The Morgan fingerprint density at radius 2 is 2.29 bits per heavy atom. The van der Waals surface area contributed by atoms with Crippen molar-refractivity contribution in [1.82, 2.24) is 4.98 Å². The first-order chi connectivity index (χ1) is 6.63. The van der Waals surface area contributed by atoms with Crippen LogP contribution in [0.25, 0.3) is 0 Å². The van der Waals surface area contributed by atoms with Crippen LogP contribution in [-0.4, -0.2) is 18.7 Å². The molecular weight excluding hydrogens is 180 g/mol. The van der Waals surface area contributed by atoms with Crippen LogP contribution in [0.15, 0.2) is 10.6 Å². The molecule has 0 amide bonds. The molecule has 80 valence electrons. The van der Waals surface area contributed by atoms with Gasteiger partial charge in [0.2, 0.25) is 5.89 Å². The minimum absolute atomic E-state index is 0.138. The Morgan fingerprint density at radius 3 is 2.79 bits per heavy atom. The van der Waals surface area contributed by atoms with E-state index >= 15 is 0 Å². The smallest absolute Gasteiger partial charge is 0.210 e. The number of aromatic nitrogens is 1. The molecule has 4 heteroatoms. The maximum Gasteiger partial charge on any atom is 0.210 e. The van der Waals surface area contributed by atoms with Crippen molar-refractivity contribution in [3.05, 3.63) is 17.8 Å². The Labute approximate surface area is 84.5 Å². The van der Waals surface area contributed by atoms with Crippen LogP contribution < -0.4 is 5.73 Å². The molecule has 1 heterocycles. The minimum Gasteiger partial charge on any atom is -0.444 e. The van der Waals surface area contributed by atoms with E-state index in [9.17, 15) is 0 Å². The highest BCUT2D eigenvalue weighted by molar-refractivity contribution is 4.97. The van der Waals surface area contributed by atoms with Crippen molar-refractivity contribution in [3.63, 3.8) is 0 Å². The summed E-state index contributed by atoms with van der Waals surface area (Å²) < 4.78 is 10.5. The standard InChI is InChI=1S/C10H18N2O2/c1-7(6-13-3)4-9-5-12-10(14-9)8(2)11/h5,7-8H,4,6,11H2,1-3H3. The first kappa shape index (κ1) is 11.2. The van der Waals surface area contributed by atoms with E-state index in [4.69, 9.17) is 14.9 Å². The van der Waals surface area contributed by atoms with Crippen LogP contribution in [0.5, 0.6) is 0 Å². The number of nitrogens with two attached hydrogens (primary N) is 1. The second-order valence-corrected chi connectivity index (χ2v) is 3.72. The summed E-state index contributed by atoms with van der Waals surface area (Å²) in [6, 6.07) is -0.138. The van der Waals surface area contributed by atoms with Gasteiger partial charge in [-0.3, -0.25) is 0 Å². The summed E-state index contributed by atoms with van der Waals surface area (Å²) in [5.74, 6) is 1.92. The first-order valence-corrected chi connectivity index (χ1v) is 4.82. The Hall–Kier alpha value is -0.870. The molecule has 2 atom stereocenters. The van der Waals surface area contributed by atoms with Gasteiger partial charge in [-0.05, 0) is 12.8 Å². The van der Waals surface area contributed by atoms with Crippen LogP contribution in [0.4, 0.5) is 0 Å². The number of oxazole rings is 1. The van der Waals surface area contributed by atoms with E-state index in [2.05, 4.69) is 11.9 Å². The van der Waals surface area contributed by atoms with Gasteiger partial charge in [0.1, 0.15) is 5.76 Å². The van der Waals surface area contributed by atoms with Crippen molar-refractivity contribution in [1.29, 1.82) is 0 Å². The molecule has 0 fully saturated rings. The van der Waals surface area contributed by atoms with E-state index in [0.29, 0.717) is 11.8 Å². The molecule has 0 saturated heterocycles. The van der Waals surface area contributed by atoms with E-state index < -0.39 is 0 Å². The summed E-state index contributed by atoms with van der Waals surface area (Å²) in [6.45, 7) is 4.69. The van der Waals surface area contributed by atoms with Crippen LogP contribution in [-0.2, 0) is 11.2 Å². The van der Waals surface area contributed by atoms with Crippen LogP contribution in [0, 0.1) is 5.92 Å². The SMILES string of the molecule is COCC(C)Cc1cnc(C(C)N)o1. The normalized spacial score (nSPS) is 15.4. The molecule has 0 bridgehead atoms. The molecule has 2 unspecified atom stereocenters. The van der Waals surface area contributed by atoms with Gasteiger partial charge in [0, 0.05) is 20.1 Å². The molecule has 0 spiro atoms. The maximum absolute atomic E-state index is 5.64. The van der Waals surface area contributed by atoms with Crippen molar-refractivity contribution in [3.8, 4) is 0 Å². The maximum atomic E-state index is 5.64. The second-order valence-electron chi connectivity index (χ2n) is 3.72. The molecule has 2 N–H and O–H groups in total. The third kappa shape index (κ3) is 3.12. The van der Waals surface area contributed by atoms with Gasteiger partial charge < -0.3 is 14.9 Å². The van der Waals surface area contributed by atoms with Gasteiger partial charge in [0.15, 0.2) is 0 Å². The molecule has 14 heavy (non-hydrogen) atoms. The molecule has 0 aromatic carbocycles. The molecule has 0 aliphatic heterocycles. The Bertz CT molecular complexity index is 271. The molecule has 1 aromatic rings. The minimum atomic E-state index is -0.138. The zero-order valence-corrected chi connectivity index (χ0v) is 8.99. The monoisotopic (exact) mass is 198 g/mol. The number of methoxy groups -OCH3 is 1. The van der Waals surface area contributed by atoms with Crippen LogP contribution in [0.2, 0.25) is 0 Å². The fourth-order valence-electron chi connectivity index (χ4n) is 1.31. The van der Waals surface area contributed by atoms with Crippen LogP contribution in [0.3, 0.4) is 0 Å². The predicted molar refractivity (Wildman–Crippen MR) is 53.8 cm³/mol. The number of hydrogen-bond acceptors (Lipinski definition) is 4. The van der Waals surface area contributed by atoms with Gasteiger partial charge in [-0.1, -0.05) is 6.92 Å². The highest BCUT2D eigenvalue weighted by atomic mass is 16.5. The van der Waals surface area contributed by atoms with Crippen molar-refractivity contribution in [2.45, 2.75) is 26.3 Å². The van der Waals surface area contributed by atoms with Gasteiger partial charge >= 0.3 is 0 Å². The lowest BCUT2D eigenvalue weighted by Crippen LogP contribution is -2.06. The summed E-state index contributed by atoms with van der Waals surface area (Å²) in [7, 11) is 1.70. The predicted octanol–water partition coefficient (Wildman–Crippen LogP) is 1.52. The Morgan fingerprint density at radius 1 is 1.57 bits per heavy atom. The average Bonchev–Trinajstić information content (AvgIpc) is 2.53. The molecule has 0 aliphatic carbocycles. The summed E-state index contributed by atoms with van der Waals surface area (Å²) in [5, 5.41) is 0. The topological polar surface area (TPSA) is 61.3 Å². The number of rotatable bonds is 5. The molecule has 1 aromatic heterocycles. The van der Waals surface area contributed by atoms with Gasteiger partial charge in [-0.15, -0.1) is 0 Å². The summed E-state index contributed by atoms with van der Waals surface area (Å²) in [4.78, 5) is 4.10. The van der Waals surface area contributed by atoms with Gasteiger partial charge in [-0.25, -0.2) is 4.98 Å². The number of ether oxygens (including phenoxy) is 1. The summed E-state index contributed by atoms with van der Waals surface area (Å²) in [5.41, 5.74) is 5.64. The summed E-state index contributed by atoms with van der Waals surface area (Å²) >= 11 is 0. The van der Waals surface area contributed by atoms with Gasteiger partial charge in [0.05, 0.1) is 12.2 Å². The Kier molecular flexibility index (Phi) is 4.10. The van der Waals surface area contributed by atoms with Crippen molar-refractivity contribution in [2.24, 2.45) is 11.7 Å².